The highest BCUT2D eigenvalue weighted by Gasteiger charge is 2.32. The Morgan fingerprint density at radius 2 is 1.60 bits per heavy atom. The number of β-amino-alcohol motifs (C(OH)–C–C–N with tert-alkyl or cyclic N) is 1. The molecule has 3 aromatic rings. The van der Waals surface area contributed by atoms with Crippen molar-refractivity contribution in [1.29, 1.82) is 0 Å². The van der Waals surface area contributed by atoms with Crippen LogP contribution in [0.2, 0.25) is 0 Å². The molecule has 1 heterocycles. The maximum atomic E-state index is 14.0. The maximum Gasteiger partial charge on any atom is 0.254 e. The molecule has 2 N–H and O–H groups in total. The Labute approximate surface area is 248 Å². The molecule has 0 aromatic heterocycles. The highest BCUT2D eigenvalue weighted by Crippen LogP contribution is 2.21. The number of halogens is 1. The molecule has 0 spiro atoms. The Morgan fingerprint density at radius 1 is 0.905 bits per heavy atom. The molecule has 0 bridgehead atoms. The van der Waals surface area contributed by atoms with E-state index in [1.165, 1.54) is 12.1 Å². The average molecular weight is 575 g/mol. The first-order valence-electron chi connectivity index (χ1n) is 15.0. The number of aliphatic hydroxyl groups excluding tert-OH is 1. The standard InChI is InChI=1S/C34H43FN4O3/c1-3-17-36-33(41)27-11-8-12-28(24-27)34(42)39(18-4-2)31(23-26-9-6-5-7-10-26)32(40)25-37-19-21-38(22-20-37)30-15-13-29(35)14-16-30/h5-16,24,31-32,40H,3-4,17-23,25H2,1-2H3,(H,36,41)/t31-,32+/m0/s1. The summed E-state index contributed by atoms with van der Waals surface area (Å²) >= 11 is 0. The van der Waals surface area contributed by atoms with E-state index in [4.69, 9.17) is 0 Å². The first-order chi connectivity index (χ1) is 20.4. The van der Waals surface area contributed by atoms with E-state index < -0.39 is 12.1 Å². The molecule has 2 amide bonds. The molecule has 1 aliphatic heterocycles. The summed E-state index contributed by atoms with van der Waals surface area (Å²) in [7, 11) is 0. The number of amides is 2. The summed E-state index contributed by atoms with van der Waals surface area (Å²) in [6.07, 6.45) is 1.29. The molecule has 0 radical (unpaired) electrons. The predicted molar refractivity (Wildman–Crippen MR) is 165 cm³/mol. The van der Waals surface area contributed by atoms with E-state index in [9.17, 15) is 19.1 Å². The quantitative estimate of drug-likeness (QED) is 0.312. The summed E-state index contributed by atoms with van der Waals surface area (Å²) in [6.45, 7) is 8.55. The Hall–Kier alpha value is -3.75. The number of hydrogen-bond acceptors (Lipinski definition) is 5. The van der Waals surface area contributed by atoms with Crippen molar-refractivity contribution >= 4 is 17.5 Å². The van der Waals surface area contributed by atoms with Crippen LogP contribution in [0.5, 0.6) is 0 Å². The Balaban J connectivity index is 1.51. The number of nitrogens with zero attached hydrogens (tertiary/aromatic N) is 3. The van der Waals surface area contributed by atoms with E-state index >= 15 is 0 Å². The Morgan fingerprint density at radius 3 is 2.26 bits per heavy atom. The zero-order valence-corrected chi connectivity index (χ0v) is 24.7. The summed E-state index contributed by atoms with van der Waals surface area (Å²) in [6, 6.07) is 22.9. The first kappa shape index (κ1) is 31.2. The fourth-order valence-electron chi connectivity index (χ4n) is 5.50. The third-order valence-corrected chi connectivity index (χ3v) is 7.77. The zero-order chi connectivity index (χ0) is 29.9. The molecule has 4 rings (SSSR count). The number of hydrogen-bond donors (Lipinski definition) is 2. The highest BCUT2D eigenvalue weighted by molar-refractivity contribution is 5.99. The third kappa shape index (κ3) is 8.39. The van der Waals surface area contributed by atoms with Gasteiger partial charge in [-0.25, -0.2) is 4.39 Å². The fraction of sp³-hybridized carbons (Fsp3) is 0.412. The average Bonchev–Trinajstić information content (AvgIpc) is 3.02. The molecular weight excluding hydrogens is 531 g/mol. The van der Waals surface area contributed by atoms with E-state index in [1.54, 1.807) is 41.3 Å². The lowest BCUT2D eigenvalue weighted by atomic mass is 9.97. The molecule has 7 nitrogen and oxygen atoms in total. The number of anilines is 1. The van der Waals surface area contributed by atoms with Gasteiger partial charge < -0.3 is 20.2 Å². The number of carbonyl (C=O) groups excluding carboxylic acids is 2. The molecule has 0 unspecified atom stereocenters. The molecule has 2 atom stereocenters. The van der Waals surface area contributed by atoms with Gasteiger partial charge in [-0.05, 0) is 67.3 Å². The van der Waals surface area contributed by atoms with Crippen LogP contribution in [0, 0.1) is 5.82 Å². The van der Waals surface area contributed by atoms with Gasteiger partial charge in [-0.1, -0.05) is 50.2 Å². The van der Waals surface area contributed by atoms with Crippen LogP contribution in [0.4, 0.5) is 10.1 Å². The normalized spacial score (nSPS) is 15.2. The lowest BCUT2D eigenvalue weighted by Crippen LogP contribution is -2.55. The van der Waals surface area contributed by atoms with Crippen LogP contribution in [0.15, 0.2) is 78.9 Å². The van der Waals surface area contributed by atoms with Crippen molar-refractivity contribution in [3.63, 3.8) is 0 Å². The lowest BCUT2D eigenvalue weighted by Gasteiger charge is -2.40. The van der Waals surface area contributed by atoms with E-state index in [1.807, 2.05) is 44.2 Å². The molecule has 224 valence electrons. The van der Waals surface area contributed by atoms with E-state index in [-0.39, 0.29) is 17.6 Å². The van der Waals surface area contributed by atoms with Crippen LogP contribution in [0.1, 0.15) is 53.0 Å². The minimum atomic E-state index is -0.783. The van der Waals surface area contributed by atoms with Crippen molar-refractivity contribution in [3.05, 3.63) is 101 Å². The summed E-state index contributed by atoms with van der Waals surface area (Å²) in [5, 5.41) is 14.6. The van der Waals surface area contributed by atoms with Crippen molar-refractivity contribution in [3.8, 4) is 0 Å². The van der Waals surface area contributed by atoms with Crippen molar-refractivity contribution in [1.82, 2.24) is 15.1 Å². The van der Waals surface area contributed by atoms with Crippen LogP contribution in [0.3, 0.4) is 0 Å². The molecule has 1 aliphatic rings. The number of benzene rings is 3. The smallest absolute Gasteiger partial charge is 0.254 e. The molecule has 3 aromatic carbocycles. The van der Waals surface area contributed by atoms with Crippen molar-refractivity contribution in [2.24, 2.45) is 0 Å². The van der Waals surface area contributed by atoms with Gasteiger partial charge in [0.15, 0.2) is 0 Å². The minimum Gasteiger partial charge on any atom is -0.390 e. The summed E-state index contributed by atoms with van der Waals surface area (Å²) in [4.78, 5) is 32.9. The third-order valence-electron chi connectivity index (χ3n) is 7.77. The Bertz CT molecular complexity index is 1280. The molecule has 0 aliphatic carbocycles. The van der Waals surface area contributed by atoms with Gasteiger partial charge in [0.2, 0.25) is 0 Å². The molecular formula is C34H43FN4O3. The highest BCUT2D eigenvalue weighted by atomic mass is 19.1. The fourth-order valence-corrected chi connectivity index (χ4v) is 5.50. The molecule has 1 fully saturated rings. The van der Waals surface area contributed by atoms with Gasteiger partial charge in [0.1, 0.15) is 5.82 Å². The second-order valence-corrected chi connectivity index (χ2v) is 10.9. The molecule has 0 saturated carbocycles. The maximum absolute atomic E-state index is 14.0. The van der Waals surface area contributed by atoms with E-state index in [0.29, 0.717) is 37.2 Å². The minimum absolute atomic E-state index is 0.192. The van der Waals surface area contributed by atoms with E-state index in [0.717, 1.165) is 50.3 Å². The van der Waals surface area contributed by atoms with Gasteiger partial charge >= 0.3 is 0 Å². The number of carbonyl (C=O) groups is 2. The predicted octanol–water partition coefficient (Wildman–Crippen LogP) is 4.61. The lowest BCUT2D eigenvalue weighted by molar-refractivity contribution is 0.0195. The summed E-state index contributed by atoms with van der Waals surface area (Å²) < 4.78 is 13.4. The van der Waals surface area contributed by atoms with Gasteiger partial charge in [0.05, 0.1) is 12.1 Å². The van der Waals surface area contributed by atoms with Gasteiger partial charge in [-0.15, -0.1) is 0 Å². The summed E-state index contributed by atoms with van der Waals surface area (Å²) in [5.74, 6) is -0.639. The topological polar surface area (TPSA) is 76.1 Å². The summed E-state index contributed by atoms with van der Waals surface area (Å²) in [5.41, 5.74) is 2.92. The second kappa shape index (κ2) is 15.5. The van der Waals surface area contributed by atoms with Crippen LogP contribution in [0.25, 0.3) is 0 Å². The first-order valence-corrected chi connectivity index (χ1v) is 15.0. The van der Waals surface area contributed by atoms with Gasteiger partial charge in [0, 0.05) is 62.6 Å². The molecule has 8 heteroatoms. The monoisotopic (exact) mass is 574 g/mol. The van der Waals surface area contributed by atoms with Crippen LogP contribution in [-0.2, 0) is 6.42 Å². The molecule has 42 heavy (non-hydrogen) atoms. The molecule has 1 saturated heterocycles. The van der Waals surface area contributed by atoms with Gasteiger partial charge in [0.25, 0.3) is 11.8 Å². The number of piperazine rings is 1. The zero-order valence-electron chi connectivity index (χ0n) is 24.7. The number of nitrogens with one attached hydrogen (secondary N) is 1. The van der Waals surface area contributed by atoms with Crippen LogP contribution >= 0.6 is 0 Å². The van der Waals surface area contributed by atoms with Gasteiger partial charge in [-0.2, -0.15) is 0 Å². The Kier molecular flexibility index (Phi) is 11.5. The van der Waals surface area contributed by atoms with Gasteiger partial charge in [-0.3, -0.25) is 14.5 Å². The SMILES string of the molecule is CCCNC(=O)c1cccc(C(=O)N(CCC)[C@@H](Cc2ccccc2)[C@H](O)CN2CCN(c3ccc(F)cc3)CC2)c1. The van der Waals surface area contributed by atoms with Crippen LogP contribution in [-0.4, -0.2) is 84.7 Å². The van der Waals surface area contributed by atoms with Crippen molar-refractivity contribution in [2.45, 2.75) is 45.3 Å². The van der Waals surface area contributed by atoms with Crippen molar-refractivity contribution < 1.29 is 19.1 Å². The largest absolute Gasteiger partial charge is 0.390 e. The van der Waals surface area contributed by atoms with E-state index in [2.05, 4.69) is 15.1 Å². The second-order valence-electron chi connectivity index (χ2n) is 10.9. The number of rotatable bonds is 13. The van der Waals surface area contributed by atoms with Crippen LogP contribution < -0.4 is 10.2 Å². The number of aliphatic hydroxyl groups is 1. The van der Waals surface area contributed by atoms with Crippen molar-refractivity contribution in [2.75, 3.05) is 50.7 Å².